The molecule has 5 heteroatoms. The maximum atomic E-state index is 12.2. The van der Waals surface area contributed by atoms with E-state index >= 15 is 0 Å². The van der Waals surface area contributed by atoms with Crippen molar-refractivity contribution in [3.05, 3.63) is 52.0 Å². The number of halogens is 1. The summed E-state index contributed by atoms with van der Waals surface area (Å²) >= 11 is 3.43. The molecule has 0 aliphatic heterocycles. The van der Waals surface area contributed by atoms with Crippen LogP contribution < -0.4 is 15.8 Å². The fourth-order valence-electron chi connectivity index (χ4n) is 1.90. The van der Waals surface area contributed by atoms with E-state index in [0.717, 1.165) is 15.7 Å². The number of nitrogens with one attached hydrogen (secondary N) is 1. The van der Waals surface area contributed by atoms with E-state index < -0.39 is 0 Å². The van der Waals surface area contributed by atoms with E-state index in [-0.39, 0.29) is 5.91 Å². The number of benzene rings is 2. The first kappa shape index (κ1) is 15.4. The summed E-state index contributed by atoms with van der Waals surface area (Å²) in [4.78, 5) is 12.2. The van der Waals surface area contributed by atoms with Gasteiger partial charge >= 0.3 is 0 Å². The van der Waals surface area contributed by atoms with E-state index in [2.05, 4.69) is 21.2 Å². The van der Waals surface area contributed by atoms with Gasteiger partial charge in [-0.05, 0) is 55.8 Å². The third-order valence-corrected chi connectivity index (χ3v) is 3.88. The molecule has 4 nitrogen and oxygen atoms in total. The molecule has 110 valence electrons. The van der Waals surface area contributed by atoms with Crippen molar-refractivity contribution in [2.24, 2.45) is 0 Å². The van der Waals surface area contributed by atoms with Gasteiger partial charge in [-0.2, -0.15) is 0 Å². The van der Waals surface area contributed by atoms with Crippen molar-refractivity contribution < 1.29 is 9.53 Å². The van der Waals surface area contributed by atoms with Gasteiger partial charge < -0.3 is 15.8 Å². The van der Waals surface area contributed by atoms with Gasteiger partial charge in [0.1, 0.15) is 5.75 Å². The van der Waals surface area contributed by atoms with Gasteiger partial charge in [-0.15, -0.1) is 0 Å². The number of anilines is 2. The predicted octanol–water partition coefficient (Wildman–Crippen LogP) is 3.99. The number of ether oxygens (including phenoxy) is 1. The zero-order chi connectivity index (χ0) is 15.4. The Balaban J connectivity index is 2.16. The van der Waals surface area contributed by atoms with Crippen molar-refractivity contribution in [2.75, 3.05) is 17.7 Å². The third kappa shape index (κ3) is 3.76. The summed E-state index contributed by atoms with van der Waals surface area (Å²) in [6.45, 7) is 4.39. The topological polar surface area (TPSA) is 64.3 Å². The average Bonchev–Trinajstić information content (AvgIpc) is 2.45. The monoisotopic (exact) mass is 348 g/mol. The van der Waals surface area contributed by atoms with Gasteiger partial charge in [-0.3, -0.25) is 4.79 Å². The molecule has 0 aliphatic rings. The van der Waals surface area contributed by atoms with Crippen LogP contribution in [0.5, 0.6) is 5.75 Å². The molecule has 0 spiro atoms. The molecule has 0 aromatic heterocycles. The molecule has 0 aliphatic carbocycles. The Kier molecular flexibility index (Phi) is 4.85. The maximum Gasteiger partial charge on any atom is 0.255 e. The van der Waals surface area contributed by atoms with Crippen molar-refractivity contribution in [2.45, 2.75) is 13.8 Å². The van der Waals surface area contributed by atoms with Crippen LogP contribution in [0.15, 0.2) is 40.9 Å². The highest BCUT2D eigenvalue weighted by Gasteiger charge is 2.09. The summed E-state index contributed by atoms with van der Waals surface area (Å²) in [5.41, 5.74) is 8.62. The second kappa shape index (κ2) is 6.63. The van der Waals surface area contributed by atoms with Crippen LogP contribution in [-0.4, -0.2) is 12.5 Å². The first-order chi connectivity index (χ1) is 10.0. The minimum absolute atomic E-state index is 0.202. The molecule has 0 radical (unpaired) electrons. The number of hydrogen-bond donors (Lipinski definition) is 2. The lowest BCUT2D eigenvalue weighted by atomic mass is 10.1. The zero-order valence-electron chi connectivity index (χ0n) is 11.9. The number of nitrogen functional groups attached to an aromatic ring is 1. The van der Waals surface area contributed by atoms with Gasteiger partial charge in [-0.25, -0.2) is 0 Å². The highest BCUT2D eigenvalue weighted by molar-refractivity contribution is 9.10. The van der Waals surface area contributed by atoms with Crippen LogP contribution in [0.25, 0.3) is 0 Å². The summed E-state index contributed by atoms with van der Waals surface area (Å²) in [5, 5.41) is 2.85. The van der Waals surface area contributed by atoms with Crippen molar-refractivity contribution in [1.82, 2.24) is 0 Å². The van der Waals surface area contributed by atoms with E-state index in [4.69, 9.17) is 10.5 Å². The van der Waals surface area contributed by atoms with E-state index in [1.807, 2.05) is 32.0 Å². The number of rotatable bonds is 4. The first-order valence-corrected chi connectivity index (χ1v) is 7.40. The van der Waals surface area contributed by atoms with Crippen LogP contribution in [0.1, 0.15) is 22.8 Å². The minimum atomic E-state index is -0.202. The summed E-state index contributed by atoms with van der Waals surface area (Å²) in [6, 6.07) is 10.7. The Labute approximate surface area is 132 Å². The molecule has 2 aromatic carbocycles. The molecular formula is C16H17BrN2O2. The van der Waals surface area contributed by atoms with Gasteiger partial charge in [0.2, 0.25) is 0 Å². The fraction of sp³-hybridized carbons (Fsp3) is 0.188. The molecule has 0 atom stereocenters. The van der Waals surface area contributed by atoms with Crippen molar-refractivity contribution in [1.29, 1.82) is 0 Å². The molecule has 0 saturated carbocycles. The quantitative estimate of drug-likeness (QED) is 0.821. The zero-order valence-corrected chi connectivity index (χ0v) is 13.5. The normalized spacial score (nSPS) is 10.2. The second-order valence-corrected chi connectivity index (χ2v) is 5.46. The Hall–Kier alpha value is -2.01. The molecule has 1 amide bonds. The van der Waals surface area contributed by atoms with Gasteiger partial charge in [0, 0.05) is 15.7 Å². The van der Waals surface area contributed by atoms with Gasteiger partial charge in [-0.1, -0.05) is 15.9 Å². The van der Waals surface area contributed by atoms with Gasteiger partial charge in [0.25, 0.3) is 5.91 Å². The van der Waals surface area contributed by atoms with Crippen LogP contribution in [0.3, 0.4) is 0 Å². The number of carbonyl (C=O) groups excluding carboxylic acids is 1. The number of hydrogen-bond acceptors (Lipinski definition) is 3. The van der Waals surface area contributed by atoms with E-state index in [0.29, 0.717) is 23.6 Å². The van der Waals surface area contributed by atoms with Crippen LogP contribution in [0, 0.1) is 6.92 Å². The summed E-state index contributed by atoms with van der Waals surface area (Å²) in [7, 11) is 0. The van der Waals surface area contributed by atoms with Gasteiger partial charge in [0.15, 0.2) is 0 Å². The summed E-state index contributed by atoms with van der Waals surface area (Å²) in [5.74, 6) is 0.389. The molecule has 3 N–H and O–H groups in total. The van der Waals surface area contributed by atoms with Crippen LogP contribution in [-0.2, 0) is 0 Å². The Morgan fingerprint density at radius 3 is 2.67 bits per heavy atom. The highest BCUT2D eigenvalue weighted by Crippen LogP contribution is 2.24. The molecular weight excluding hydrogens is 332 g/mol. The Bertz CT molecular complexity index is 671. The van der Waals surface area contributed by atoms with E-state index in [9.17, 15) is 4.79 Å². The number of carbonyl (C=O) groups is 1. The Morgan fingerprint density at radius 2 is 2.05 bits per heavy atom. The number of nitrogens with two attached hydrogens (primary N) is 1. The molecule has 2 rings (SSSR count). The van der Waals surface area contributed by atoms with E-state index in [1.54, 1.807) is 18.2 Å². The molecule has 0 unspecified atom stereocenters. The number of amides is 1. The standard InChI is InChI=1S/C16H17BrN2O2/c1-3-21-15-7-4-11(9-14(15)18)16(20)19-12-5-6-13(17)10(2)8-12/h4-9H,3,18H2,1-2H3,(H,19,20). The Morgan fingerprint density at radius 1 is 1.29 bits per heavy atom. The van der Waals surface area contributed by atoms with Crippen molar-refractivity contribution in [3.8, 4) is 5.75 Å². The summed E-state index contributed by atoms with van der Waals surface area (Å²) in [6.07, 6.45) is 0. The second-order valence-electron chi connectivity index (χ2n) is 4.60. The average molecular weight is 349 g/mol. The third-order valence-electron chi connectivity index (χ3n) is 2.99. The lowest BCUT2D eigenvalue weighted by molar-refractivity contribution is 0.102. The molecule has 2 aromatic rings. The fourth-order valence-corrected chi connectivity index (χ4v) is 2.15. The lowest BCUT2D eigenvalue weighted by Gasteiger charge is -2.10. The van der Waals surface area contributed by atoms with E-state index in [1.165, 1.54) is 0 Å². The van der Waals surface area contributed by atoms with Crippen LogP contribution in [0.2, 0.25) is 0 Å². The molecule has 21 heavy (non-hydrogen) atoms. The van der Waals surface area contributed by atoms with Gasteiger partial charge in [0.05, 0.1) is 12.3 Å². The SMILES string of the molecule is CCOc1ccc(C(=O)Nc2ccc(Br)c(C)c2)cc1N. The largest absolute Gasteiger partial charge is 0.492 e. The van der Waals surface area contributed by atoms with Crippen molar-refractivity contribution in [3.63, 3.8) is 0 Å². The minimum Gasteiger partial charge on any atom is -0.492 e. The molecule has 0 bridgehead atoms. The highest BCUT2D eigenvalue weighted by atomic mass is 79.9. The summed E-state index contributed by atoms with van der Waals surface area (Å²) < 4.78 is 6.36. The molecule has 0 heterocycles. The molecule has 0 saturated heterocycles. The van der Waals surface area contributed by atoms with Crippen LogP contribution >= 0.6 is 15.9 Å². The predicted molar refractivity (Wildman–Crippen MR) is 88.9 cm³/mol. The first-order valence-electron chi connectivity index (χ1n) is 6.61. The van der Waals surface area contributed by atoms with Crippen LogP contribution in [0.4, 0.5) is 11.4 Å². The smallest absolute Gasteiger partial charge is 0.255 e. The maximum absolute atomic E-state index is 12.2. The molecule has 0 fully saturated rings. The van der Waals surface area contributed by atoms with Crippen molar-refractivity contribution >= 4 is 33.2 Å². The number of aryl methyl sites for hydroxylation is 1. The lowest BCUT2D eigenvalue weighted by Crippen LogP contribution is -2.12.